The van der Waals surface area contributed by atoms with Crippen LogP contribution in [0.25, 0.3) is 0 Å². The quantitative estimate of drug-likeness (QED) is 0.496. The molecule has 0 radical (unpaired) electrons. The van der Waals surface area contributed by atoms with E-state index in [2.05, 4.69) is 12.2 Å². The fourth-order valence-corrected chi connectivity index (χ4v) is 1.65. The number of hydrogen-bond donors (Lipinski definition) is 0. The number of rotatable bonds is 0. The summed E-state index contributed by atoms with van der Waals surface area (Å²) < 4.78 is 11.2. The van der Waals surface area contributed by atoms with Crippen LogP contribution in [0.1, 0.15) is 25.7 Å². The van der Waals surface area contributed by atoms with Gasteiger partial charge >= 0.3 is 0 Å². The minimum Gasteiger partial charge on any atom is -0.346 e. The molecule has 11 heavy (non-hydrogen) atoms. The van der Waals surface area contributed by atoms with E-state index < -0.39 is 0 Å². The molecule has 2 rings (SSSR count). The molecule has 62 valence electrons. The van der Waals surface area contributed by atoms with Gasteiger partial charge in [-0.1, -0.05) is 6.08 Å². The molecule has 2 heteroatoms. The first kappa shape index (κ1) is 7.32. The lowest BCUT2D eigenvalue weighted by molar-refractivity contribution is -0.226. The van der Waals surface area contributed by atoms with E-state index in [1.54, 1.807) is 0 Å². The molecule has 2 aliphatic rings. The zero-order chi connectivity index (χ0) is 7.57. The zero-order valence-corrected chi connectivity index (χ0v) is 6.71. The van der Waals surface area contributed by atoms with Crippen molar-refractivity contribution in [1.29, 1.82) is 0 Å². The standard InChI is InChI=1S/C9H14O2/c1-3-7-10-9(5-1)6-2-4-8-11-9/h1,5H,2-4,6-8H2/t9-/m0/s1. The van der Waals surface area contributed by atoms with E-state index in [4.69, 9.17) is 9.47 Å². The molecule has 0 N–H and O–H groups in total. The maximum atomic E-state index is 5.60. The summed E-state index contributed by atoms with van der Waals surface area (Å²) in [6.45, 7) is 1.67. The molecule has 0 bridgehead atoms. The van der Waals surface area contributed by atoms with Crippen molar-refractivity contribution in [2.45, 2.75) is 31.5 Å². The van der Waals surface area contributed by atoms with Gasteiger partial charge in [0.05, 0.1) is 13.2 Å². The Morgan fingerprint density at radius 2 is 2.00 bits per heavy atom. The lowest BCUT2D eigenvalue weighted by Crippen LogP contribution is -2.39. The maximum absolute atomic E-state index is 5.60. The van der Waals surface area contributed by atoms with Gasteiger partial charge in [-0.05, 0) is 25.3 Å². The summed E-state index contributed by atoms with van der Waals surface area (Å²) in [6.07, 6.45) is 8.71. The lowest BCUT2D eigenvalue weighted by Gasteiger charge is -2.36. The largest absolute Gasteiger partial charge is 0.346 e. The summed E-state index contributed by atoms with van der Waals surface area (Å²) in [5.41, 5.74) is 0. The Morgan fingerprint density at radius 1 is 1.09 bits per heavy atom. The Hall–Kier alpha value is -0.340. The van der Waals surface area contributed by atoms with E-state index in [1.165, 1.54) is 12.8 Å². The Balaban J connectivity index is 2.06. The highest BCUT2D eigenvalue weighted by atomic mass is 16.7. The molecule has 0 unspecified atom stereocenters. The Kier molecular flexibility index (Phi) is 1.96. The lowest BCUT2D eigenvalue weighted by atomic mass is 10.0. The molecule has 2 aliphatic heterocycles. The first-order valence-corrected chi connectivity index (χ1v) is 4.37. The maximum Gasteiger partial charge on any atom is 0.187 e. The van der Waals surface area contributed by atoms with Crippen LogP contribution in [0.2, 0.25) is 0 Å². The fourth-order valence-electron chi connectivity index (χ4n) is 1.65. The third-order valence-electron chi connectivity index (χ3n) is 2.27. The van der Waals surface area contributed by atoms with Crippen molar-refractivity contribution in [3.05, 3.63) is 12.2 Å². The van der Waals surface area contributed by atoms with Crippen molar-refractivity contribution in [2.75, 3.05) is 13.2 Å². The molecule has 1 saturated heterocycles. The minimum atomic E-state index is -0.323. The second-order valence-corrected chi connectivity index (χ2v) is 3.16. The third kappa shape index (κ3) is 1.47. The first-order valence-electron chi connectivity index (χ1n) is 4.37. The fraction of sp³-hybridized carbons (Fsp3) is 0.778. The second-order valence-electron chi connectivity index (χ2n) is 3.16. The van der Waals surface area contributed by atoms with Crippen molar-refractivity contribution >= 4 is 0 Å². The second kappa shape index (κ2) is 2.95. The van der Waals surface area contributed by atoms with Crippen LogP contribution in [-0.4, -0.2) is 19.0 Å². The zero-order valence-electron chi connectivity index (χ0n) is 6.71. The molecule has 0 saturated carbocycles. The highest BCUT2D eigenvalue weighted by Crippen LogP contribution is 2.29. The first-order chi connectivity index (χ1) is 5.41. The SMILES string of the molecule is C1=C[C@]2(CCCCO2)OCC1. The van der Waals surface area contributed by atoms with Crippen LogP contribution in [-0.2, 0) is 9.47 Å². The molecule has 0 aliphatic carbocycles. The minimum absolute atomic E-state index is 0.323. The van der Waals surface area contributed by atoms with Gasteiger partial charge in [-0.2, -0.15) is 0 Å². The summed E-state index contributed by atoms with van der Waals surface area (Å²) in [4.78, 5) is 0. The van der Waals surface area contributed by atoms with E-state index in [-0.39, 0.29) is 5.79 Å². The summed E-state index contributed by atoms with van der Waals surface area (Å²) in [7, 11) is 0. The van der Waals surface area contributed by atoms with Crippen LogP contribution in [0.4, 0.5) is 0 Å². The van der Waals surface area contributed by atoms with Crippen LogP contribution in [0, 0.1) is 0 Å². The van der Waals surface area contributed by atoms with Crippen LogP contribution < -0.4 is 0 Å². The van der Waals surface area contributed by atoms with Crippen LogP contribution in [0.3, 0.4) is 0 Å². The van der Waals surface area contributed by atoms with E-state index in [0.717, 1.165) is 26.1 Å². The Morgan fingerprint density at radius 3 is 2.64 bits per heavy atom. The number of ether oxygens (including phenoxy) is 2. The average Bonchev–Trinajstić information content (AvgIpc) is 2.07. The van der Waals surface area contributed by atoms with E-state index in [9.17, 15) is 0 Å². The van der Waals surface area contributed by atoms with Crippen molar-refractivity contribution in [1.82, 2.24) is 0 Å². The average molecular weight is 154 g/mol. The van der Waals surface area contributed by atoms with E-state index in [1.807, 2.05) is 0 Å². The molecule has 0 amide bonds. The monoisotopic (exact) mass is 154 g/mol. The van der Waals surface area contributed by atoms with Gasteiger partial charge in [0.25, 0.3) is 0 Å². The molecule has 1 spiro atoms. The highest BCUT2D eigenvalue weighted by molar-refractivity contribution is 5.00. The Bertz CT molecular complexity index is 157. The molecular weight excluding hydrogens is 140 g/mol. The molecule has 0 aromatic heterocycles. The van der Waals surface area contributed by atoms with E-state index >= 15 is 0 Å². The van der Waals surface area contributed by atoms with Crippen LogP contribution in [0.5, 0.6) is 0 Å². The normalized spacial score (nSPS) is 37.8. The van der Waals surface area contributed by atoms with Gasteiger partial charge in [0.1, 0.15) is 0 Å². The van der Waals surface area contributed by atoms with Crippen LogP contribution >= 0.6 is 0 Å². The summed E-state index contributed by atoms with van der Waals surface area (Å²) in [6, 6.07) is 0. The smallest absolute Gasteiger partial charge is 0.187 e. The van der Waals surface area contributed by atoms with Gasteiger partial charge in [0, 0.05) is 6.42 Å². The van der Waals surface area contributed by atoms with Gasteiger partial charge in [-0.3, -0.25) is 0 Å². The molecule has 0 aromatic rings. The number of hydrogen-bond acceptors (Lipinski definition) is 2. The topological polar surface area (TPSA) is 18.5 Å². The molecule has 1 fully saturated rings. The van der Waals surface area contributed by atoms with Gasteiger partial charge in [0.15, 0.2) is 5.79 Å². The van der Waals surface area contributed by atoms with Crippen molar-refractivity contribution in [3.8, 4) is 0 Å². The molecule has 0 aromatic carbocycles. The van der Waals surface area contributed by atoms with Crippen molar-refractivity contribution < 1.29 is 9.47 Å². The van der Waals surface area contributed by atoms with Gasteiger partial charge in [-0.15, -0.1) is 0 Å². The van der Waals surface area contributed by atoms with Gasteiger partial charge in [-0.25, -0.2) is 0 Å². The summed E-state index contributed by atoms with van der Waals surface area (Å²) >= 11 is 0. The van der Waals surface area contributed by atoms with E-state index in [0.29, 0.717) is 0 Å². The summed E-state index contributed by atoms with van der Waals surface area (Å²) in [5, 5.41) is 0. The Labute approximate surface area is 67.2 Å². The molecule has 1 atom stereocenters. The van der Waals surface area contributed by atoms with Crippen molar-refractivity contribution in [3.63, 3.8) is 0 Å². The highest BCUT2D eigenvalue weighted by Gasteiger charge is 2.32. The van der Waals surface area contributed by atoms with Gasteiger partial charge in [0.2, 0.25) is 0 Å². The third-order valence-corrected chi connectivity index (χ3v) is 2.27. The van der Waals surface area contributed by atoms with Gasteiger partial charge < -0.3 is 9.47 Å². The molecular formula is C9H14O2. The predicted octanol–water partition coefficient (Wildman–Crippen LogP) is 1.86. The predicted molar refractivity (Wildman–Crippen MR) is 42.2 cm³/mol. The molecule has 2 nitrogen and oxygen atoms in total. The van der Waals surface area contributed by atoms with Crippen LogP contribution in [0.15, 0.2) is 12.2 Å². The molecule has 2 heterocycles. The summed E-state index contributed by atoms with van der Waals surface area (Å²) in [5.74, 6) is -0.323. The van der Waals surface area contributed by atoms with Crippen molar-refractivity contribution in [2.24, 2.45) is 0 Å².